The number of guanidine groups is 1. The van der Waals surface area contributed by atoms with Crippen LogP contribution in [0.1, 0.15) is 50.3 Å². The Bertz CT molecular complexity index is 835. The highest BCUT2D eigenvalue weighted by molar-refractivity contribution is 5.80. The third-order valence-electron chi connectivity index (χ3n) is 5.59. The summed E-state index contributed by atoms with van der Waals surface area (Å²) in [5, 5.41) is 6.68. The van der Waals surface area contributed by atoms with E-state index in [-0.39, 0.29) is 11.3 Å². The van der Waals surface area contributed by atoms with Gasteiger partial charge in [0.2, 0.25) is 5.91 Å². The van der Waals surface area contributed by atoms with Crippen molar-refractivity contribution in [3.05, 3.63) is 71.3 Å². The number of amides is 1. The van der Waals surface area contributed by atoms with Crippen molar-refractivity contribution < 1.29 is 4.79 Å². The van der Waals surface area contributed by atoms with Crippen LogP contribution in [0.5, 0.6) is 0 Å². The molecule has 30 heavy (non-hydrogen) atoms. The van der Waals surface area contributed by atoms with Crippen LogP contribution in [0.2, 0.25) is 0 Å². The minimum atomic E-state index is -0.0374. The lowest BCUT2D eigenvalue weighted by atomic mass is 9.85. The SMILES string of the molecule is CCNC(=NCC(C)(C)c1ccccc1)NCCCC(=O)N1Cc2ccccc2C1. The first kappa shape index (κ1) is 21.9. The summed E-state index contributed by atoms with van der Waals surface area (Å²) in [5.41, 5.74) is 3.78. The van der Waals surface area contributed by atoms with E-state index in [4.69, 9.17) is 4.99 Å². The van der Waals surface area contributed by atoms with Crippen LogP contribution in [0.15, 0.2) is 59.6 Å². The van der Waals surface area contributed by atoms with Crippen molar-refractivity contribution in [1.29, 1.82) is 0 Å². The van der Waals surface area contributed by atoms with E-state index in [1.54, 1.807) is 0 Å². The van der Waals surface area contributed by atoms with Crippen LogP contribution in [0.4, 0.5) is 0 Å². The first-order valence-corrected chi connectivity index (χ1v) is 10.9. The largest absolute Gasteiger partial charge is 0.357 e. The maximum atomic E-state index is 12.6. The van der Waals surface area contributed by atoms with Crippen LogP contribution < -0.4 is 10.6 Å². The molecule has 2 N–H and O–H groups in total. The Morgan fingerprint density at radius 2 is 1.63 bits per heavy atom. The number of fused-ring (bicyclic) bond motifs is 1. The standard InChI is InChI=1S/C25H34N4O/c1-4-26-24(28-19-25(2,3)22-13-6-5-7-14-22)27-16-10-15-23(30)29-17-20-11-8-9-12-21(20)18-29/h5-9,11-14H,4,10,15-19H2,1-3H3,(H2,26,27,28). The molecule has 0 atom stereocenters. The van der Waals surface area contributed by atoms with E-state index >= 15 is 0 Å². The highest BCUT2D eigenvalue weighted by Gasteiger charge is 2.22. The molecule has 0 saturated heterocycles. The third kappa shape index (κ3) is 5.85. The topological polar surface area (TPSA) is 56.7 Å². The molecule has 0 saturated carbocycles. The van der Waals surface area contributed by atoms with E-state index in [1.807, 2.05) is 23.1 Å². The molecule has 3 rings (SSSR count). The number of carbonyl (C=O) groups excluding carboxylic acids is 1. The molecule has 0 aromatic heterocycles. The molecule has 1 amide bonds. The van der Waals surface area contributed by atoms with Gasteiger partial charge in [-0.1, -0.05) is 68.4 Å². The monoisotopic (exact) mass is 406 g/mol. The normalized spacial score (nSPS) is 13.8. The maximum Gasteiger partial charge on any atom is 0.223 e. The molecular weight excluding hydrogens is 372 g/mol. The predicted molar refractivity (Wildman–Crippen MR) is 123 cm³/mol. The highest BCUT2D eigenvalue weighted by atomic mass is 16.2. The van der Waals surface area contributed by atoms with Crippen molar-refractivity contribution in [3.8, 4) is 0 Å². The van der Waals surface area contributed by atoms with E-state index in [2.05, 4.69) is 67.8 Å². The van der Waals surface area contributed by atoms with Gasteiger partial charge in [-0.3, -0.25) is 9.79 Å². The molecule has 5 heteroatoms. The second-order valence-electron chi connectivity index (χ2n) is 8.49. The highest BCUT2D eigenvalue weighted by Crippen LogP contribution is 2.24. The van der Waals surface area contributed by atoms with Crippen LogP contribution in [0.3, 0.4) is 0 Å². The fourth-order valence-corrected chi connectivity index (χ4v) is 3.71. The number of rotatable bonds is 8. The summed E-state index contributed by atoms with van der Waals surface area (Å²) in [7, 11) is 0. The van der Waals surface area contributed by atoms with Crippen molar-refractivity contribution >= 4 is 11.9 Å². The average molecular weight is 407 g/mol. The van der Waals surface area contributed by atoms with Crippen LogP contribution in [-0.2, 0) is 23.3 Å². The first-order chi connectivity index (χ1) is 14.5. The quantitative estimate of drug-likeness (QED) is 0.398. The summed E-state index contributed by atoms with van der Waals surface area (Å²) >= 11 is 0. The summed E-state index contributed by atoms with van der Waals surface area (Å²) in [6.45, 7) is 10.2. The van der Waals surface area contributed by atoms with Gasteiger partial charge in [0.25, 0.3) is 0 Å². The molecule has 2 aromatic carbocycles. The Hall–Kier alpha value is -2.82. The Morgan fingerprint density at radius 1 is 1.00 bits per heavy atom. The second kappa shape index (κ2) is 10.3. The fraction of sp³-hybridized carbons (Fsp3) is 0.440. The Kier molecular flexibility index (Phi) is 7.50. The predicted octanol–water partition coefficient (Wildman–Crippen LogP) is 3.84. The van der Waals surface area contributed by atoms with Gasteiger partial charge in [0.1, 0.15) is 0 Å². The van der Waals surface area contributed by atoms with Gasteiger partial charge in [-0.25, -0.2) is 0 Å². The smallest absolute Gasteiger partial charge is 0.223 e. The van der Waals surface area contributed by atoms with Crippen LogP contribution >= 0.6 is 0 Å². The van der Waals surface area contributed by atoms with Gasteiger partial charge in [-0.15, -0.1) is 0 Å². The lowest BCUT2D eigenvalue weighted by Gasteiger charge is -2.24. The molecule has 1 aliphatic rings. The molecule has 160 valence electrons. The molecular formula is C25H34N4O. The van der Waals surface area contributed by atoms with E-state index < -0.39 is 0 Å². The van der Waals surface area contributed by atoms with Crippen molar-refractivity contribution in [1.82, 2.24) is 15.5 Å². The van der Waals surface area contributed by atoms with Gasteiger partial charge in [0, 0.05) is 38.0 Å². The average Bonchev–Trinajstić information content (AvgIpc) is 3.20. The van der Waals surface area contributed by atoms with Crippen molar-refractivity contribution in [2.45, 2.75) is 52.1 Å². The zero-order valence-electron chi connectivity index (χ0n) is 18.4. The molecule has 0 aliphatic carbocycles. The number of nitrogens with zero attached hydrogens (tertiary/aromatic N) is 2. The summed E-state index contributed by atoms with van der Waals surface area (Å²) in [6.07, 6.45) is 1.34. The van der Waals surface area contributed by atoms with Gasteiger partial charge in [-0.05, 0) is 30.0 Å². The van der Waals surface area contributed by atoms with Crippen molar-refractivity contribution in [3.63, 3.8) is 0 Å². The van der Waals surface area contributed by atoms with Crippen molar-refractivity contribution in [2.24, 2.45) is 4.99 Å². The summed E-state index contributed by atoms with van der Waals surface area (Å²) in [5.74, 6) is 1.03. The third-order valence-corrected chi connectivity index (χ3v) is 5.59. The molecule has 0 unspecified atom stereocenters. The minimum absolute atomic E-state index is 0.0374. The number of carbonyl (C=O) groups is 1. The fourth-order valence-electron chi connectivity index (χ4n) is 3.71. The van der Waals surface area contributed by atoms with Gasteiger partial charge >= 0.3 is 0 Å². The Balaban J connectivity index is 1.45. The molecule has 5 nitrogen and oxygen atoms in total. The first-order valence-electron chi connectivity index (χ1n) is 10.9. The zero-order valence-corrected chi connectivity index (χ0v) is 18.4. The number of hydrogen-bond acceptors (Lipinski definition) is 2. The Labute approximate surface area is 180 Å². The molecule has 0 bridgehead atoms. The number of aliphatic imine (C=N–C) groups is 1. The molecule has 1 heterocycles. The molecule has 1 aliphatic heterocycles. The van der Waals surface area contributed by atoms with Crippen LogP contribution in [0.25, 0.3) is 0 Å². The van der Waals surface area contributed by atoms with Crippen molar-refractivity contribution in [2.75, 3.05) is 19.6 Å². The number of benzene rings is 2. The van der Waals surface area contributed by atoms with E-state index in [1.165, 1.54) is 16.7 Å². The lowest BCUT2D eigenvalue weighted by molar-refractivity contribution is -0.131. The molecule has 0 fully saturated rings. The lowest BCUT2D eigenvalue weighted by Crippen LogP contribution is -2.39. The van der Waals surface area contributed by atoms with Crippen LogP contribution in [-0.4, -0.2) is 36.4 Å². The Morgan fingerprint density at radius 3 is 2.27 bits per heavy atom. The van der Waals surface area contributed by atoms with Gasteiger partial charge in [0.15, 0.2) is 5.96 Å². The van der Waals surface area contributed by atoms with Crippen LogP contribution in [0, 0.1) is 0 Å². The van der Waals surface area contributed by atoms with E-state index in [0.717, 1.165) is 38.6 Å². The second-order valence-corrected chi connectivity index (χ2v) is 8.49. The minimum Gasteiger partial charge on any atom is -0.357 e. The summed E-state index contributed by atoms with van der Waals surface area (Å²) < 4.78 is 0. The van der Waals surface area contributed by atoms with E-state index in [0.29, 0.717) is 13.0 Å². The number of hydrogen-bond donors (Lipinski definition) is 2. The maximum absolute atomic E-state index is 12.6. The molecule has 2 aromatic rings. The molecule has 0 spiro atoms. The summed E-state index contributed by atoms with van der Waals surface area (Å²) in [4.78, 5) is 19.3. The van der Waals surface area contributed by atoms with Gasteiger partial charge in [-0.2, -0.15) is 0 Å². The van der Waals surface area contributed by atoms with E-state index in [9.17, 15) is 4.79 Å². The number of nitrogens with one attached hydrogen (secondary N) is 2. The zero-order chi connectivity index (χ0) is 21.4. The summed E-state index contributed by atoms with van der Waals surface area (Å²) in [6, 6.07) is 18.8. The van der Waals surface area contributed by atoms with Gasteiger partial charge in [0.05, 0.1) is 6.54 Å². The molecule has 0 radical (unpaired) electrons. The van der Waals surface area contributed by atoms with Gasteiger partial charge < -0.3 is 15.5 Å².